The van der Waals surface area contributed by atoms with E-state index in [1.54, 1.807) is 36.4 Å². The number of thioether (sulfide) groups is 1. The van der Waals surface area contributed by atoms with Crippen LogP contribution in [0, 0.1) is 21.7 Å². The molecular weight excluding hydrogens is 480 g/mol. The van der Waals surface area contributed by atoms with Gasteiger partial charge in [-0.3, -0.25) is 14.5 Å². The Morgan fingerprint density at radius 1 is 1.26 bits per heavy atom. The largest absolute Gasteiger partial charge is 0.488 e. The molecule has 136 valence electrons. The van der Waals surface area contributed by atoms with Gasteiger partial charge in [0.2, 0.25) is 0 Å². The first-order chi connectivity index (χ1) is 13.0. The Hall–Kier alpha value is -2.31. The third kappa shape index (κ3) is 4.51. The first-order valence-corrected chi connectivity index (χ1v) is 9.73. The number of hydrogen-bond acceptors (Lipinski definition) is 4. The fourth-order valence-electron chi connectivity index (χ4n) is 2.37. The maximum atomic E-state index is 13.7. The Morgan fingerprint density at radius 3 is 2.74 bits per heavy atom. The van der Waals surface area contributed by atoms with E-state index in [4.69, 9.17) is 11.2 Å². The van der Waals surface area contributed by atoms with Crippen LogP contribution in [-0.4, -0.2) is 22.6 Å². The predicted molar refractivity (Wildman–Crippen MR) is 111 cm³/mol. The summed E-state index contributed by atoms with van der Waals surface area (Å²) >= 11 is 2.97. The highest BCUT2D eigenvalue weighted by atomic mass is 127. The molecule has 4 nitrogen and oxygen atoms in total. The van der Waals surface area contributed by atoms with Gasteiger partial charge in [-0.2, -0.15) is 0 Å². The summed E-state index contributed by atoms with van der Waals surface area (Å²) in [5.74, 6) is 2.21. The number of hydrogen-bond donors (Lipinski definition) is 0. The topological polar surface area (TPSA) is 46.6 Å². The van der Waals surface area contributed by atoms with Crippen LogP contribution in [0.4, 0.5) is 9.18 Å². The van der Waals surface area contributed by atoms with Crippen molar-refractivity contribution in [3.05, 3.63) is 67.9 Å². The molecule has 27 heavy (non-hydrogen) atoms. The highest BCUT2D eigenvalue weighted by Gasteiger charge is 2.34. The molecule has 1 heterocycles. The summed E-state index contributed by atoms with van der Waals surface area (Å²) in [6, 6.07) is 11.8. The van der Waals surface area contributed by atoms with Gasteiger partial charge in [0.1, 0.15) is 18.2 Å². The van der Waals surface area contributed by atoms with Gasteiger partial charge in [-0.25, -0.2) is 4.39 Å². The van der Waals surface area contributed by atoms with Crippen molar-refractivity contribution in [2.24, 2.45) is 0 Å². The summed E-state index contributed by atoms with van der Waals surface area (Å²) in [6.07, 6.45) is 6.83. The number of nitrogens with zero attached hydrogens (tertiary/aromatic N) is 1. The SMILES string of the molecule is C#CCN1C(=O)S/C(=C/c2ccc(OCc3ccccc3F)c(I)c2)C1=O. The van der Waals surface area contributed by atoms with E-state index in [1.165, 1.54) is 6.07 Å². The third-order valence-corrected chi connectivity index (χ3v) is 5.47. The Morgan fingerprint density at radius 2 is 2.04 bits per heavy atom. The summed E-state index contributed by atoms with van der Waals surface area (Å²) in [4.78, 5) is 25.4. The van der Waals surface area contributed by atoms with Crippen LogP contribution in [-0.2, 0) is 11.4 Å². The minimum atomic E-state index is -0.391. The van der Waals surface area contributed by atoms with Gasteiger partial charge >= 0.3 is 0 Å². The number of rotatable bonds is 5. The van der Waals surface area contributed by atoms with Crippen LogP contribution in [0.5, 0.6) is 5.75 Å². The van der Waals surface area contributed by atoms with Gasteiger partial charge in [-0.1, -0.05) is 30.2 Å². The Balaban J connectivity index is 1.74. The lowest BCUT2D eigenvalue weighted by atomic mass is 10.2. The van der Waals surface area contributed by atoms with Crippen LogP contribution in [0.15, 0.2) is 47.4 Å². The van der Waals surface area contributed by atoms with Crippen molar-refractivity contribution in [1.82, 2.24) is 4.90 Å². The van der Waals surface area contributed by atoms with Gasteiger partial charge in [-0.15, -0.1) is 6.42 Å². The third-order valence-electron chi connectivity index (χ3n) is 3.72. The molecule has 0 unspecified atom stereocenters. The number of amides is 2. The summed E-state index contributed by atoms with van der Waals surface area (Å²) in [5, 5.41) is -0.372. The zero-order valence-electron chi connectivity index (χ0n) is 13.9. The molecule has 0 aliphatic carbocycles. The monoisotopic (exact) mass is 493 g/mol. The van der Waals surface area contributed by atoms with Gasteiger partial charge in [0.05, 0.1) is 15.0 Å². The van der Waals surface area contributed by atoms with Crippen LogP contribution in [0.3, 0.4) is 0 Å². The molecule has 2 aromatic rings. The molecule has 0 aromatic heterocycles. The van der Waals surface area contributed by atoms with Crippen molar-refractivity contribution in [3.8, 4) is 18.1 Å². The molecule has 0 bridgehead atoms. The molecule has 7 heteroatoms. The van der Waals surface area contributed by atoms with Crippen molar-refractivity contribution in [1.29, 1.82) is 0 Å². The van der Waals surface area contributed by atoms with E-state index in [2.05, 4.69) is 28.5 Å². The molecule has 3 rings (SSSR count). The van der Waals surface area contributed by atoms with E-state index < -0.39 is 5.91 Å². The standard InChI is InChI=1S/C20H13FINO3S/c1-2-9-23-19(24)18(27-20(23)25)11-13-7-8-17(16(22)10-13)26-12-14-5-3-4-6-15(14)21/h1,3-8,10-11H,9,12H2/b18-11+. The van der Waals surface area contributed by atoms with Crippen molar-refractivity contribution in [3.63, 3.8) is 0 Å². The van der Waals surface area contributed by atoms with Crippen molar-refractivity contribution >= 4 is 51.6 Å². The summed E-state index contributed by atoms with van der Waals surface area (Å²) in [5.41, 5.74) is 1.23. The highest BCUT2D eigenvalue weighted by molar-refractivity contribution is 14.1. The van der Waals surface area contributed by atoms with E-state index in [1.807, 2.05) is 6.07 Å². The lowest BCUT2D eigenvalue weighted by Gasteiger charge is -2.10. The Labute approximate surface area is 173 Å². The number of terminal acetylenes is 1. The van der Waals surface area contributed by atoms with E-state index >= 15 is 0 Å². The number of carbonyl (C=O) groups excluding carboxylic acids is 2. The van der Waals surface area contributed by atoms with E-state index in [0.29, 0.717) is 16.2 Å². The number of imide groups is 1. The van der Waals surface area contributed by atoms with Crippen LogP contribution in [0.1, 0.15) is 11.1 Å². The first-order valence-electron chi connectivity index (χ1n) is 7.84. The summed E-state index contributed by atoms with van der Waals surface area (Å²) in [7, 11) is 0. The molecule has 1 fully saturated rings. The molecule has 0 N–H and O–H groups in total. The average Bonchev–Trinajstić information content (AvgIpc) is 2.90. The van der Waals surface area contributed by atoms with E-state index in [0.717, 1.165) is 25.8 Å². The van der Waals surface area contributed by atoms with E-state index in [9.17, 15) is 14.0 Å². The van der Waals surface area contributed by atoms with Crippen LogP contribution < -0.4 is 4.74 Å². The zero-order valence-corrected chi connectivity index (χ0v) is 16.9. The molecule has 0 spiro atoms. The lowest BCUT2D eigenvalue weighted by Crippen LogP contribution is -2.28. The van der Waals surface area contributed by atoms with Gasteiger partial charge in [0, 0.05) is 5.56 Å². The Kier molecular flexibility index (Phi) is 6.19. The number of ether oxygens (including phenoxy) is 1. The number of benzene rings is 2. The molecule has 2 aromatic carbocycles. The molecule has 1 aliphatic heterocycles. The molecular formula is C20H13FINO3S. The maximum absolute atomic E-state index is 13.7. The van der Waals surface area contributed by atoms with Gasteiger partial charge < -0.3 is 4.74 Å². The fourth-order valence-corrected chi connectivity index (χ4v) is 3.91. The maximum Gasteiger partial charge on any atom is 0.294 e. The van der Waals surface area contributed by atoms with Crippen molar-refractivity contribution in [2.45, 2.75) is 6.61 Å². The van der Waals surface area contributed by atoms with Crippen molar-refractivity contribution in [2.75, 3.05) is 6.54 Å². The predicted octanol–water partition coefficient (Wildman–Crippen LogP) is 4.68. The van der Waals surface area contributed by atoms with Gasteiger partial charge in [0.15, 0.2) is 0 Å². The molecule has 2 amide bonds. The van der Waals surface area contributed by atoms with Gasteiger partial charge in [-0.05, 0) is 64.2 Å². The van der Waals surface area contributed by atoms with Crippen LogP contribution in [0.25, 0.3) is 6.08 Å². The molecule has 0 saturated carbocycles. The molecule has 1 aliphatic rings. The molecule has 0 radical (unpaired) electrons. The number of halogens is 2. The van der Waals surface area contributed by atoms with Gasteiger partial charge in [0.25, 0.3) is 11.1 Å². The van der Waals surface area contributed by atoms with Crippen LogP contribution in [0.2, 0.25) is 0 Å². The minimum absolute atomic E-state index is 0.0393. The number of carbonyl (C=O) groups is 2. The van der Waals surface area contributed by atoms with E-state index in [-0.39, 0.29) is 24.2 Å². The first kappa shape index (κ1) is 19.5. The molecule has 1 saturated heterocycles. The second kappa shape index (κ2) is 8.59. The lowest BCUT2D eigenvalue weighted by molar-refractivity contribution is -0.122. The van der Waals surface area contributed by atoms with Crippen molar-refractivity contribution < 1.29 is 18.7 Å². The quantitative estimate of drug-likeness (QED) is 0.345. The fraction of sp³-hybridized carbons (Fsp3) is 0.100. The second-order valence-corrected chi connectivity index (χ2v) is 7.70. The highest BCUT2D eigenvalue weighted by Crippen LogP contribution is 2.33. The average molecular weight is 493 g/mol. The summed E-state index contributed by atoms with van der Waals surface area (Å²) in [6.45, 7) is 0.0787. The second-order valence-electron chi connectivity index (χ2n) is 5.54. The normalized spacial score (nSPS) is 15.3. The smallest absolute Gasteiger partial charge is 0.294 e. The molecule has 0 atom stereocenters. The zero-order chi connectivity index (χ0) is 19.4. The van der Waals surface area contributed by atoms with Crippen LogP contribution >= 0.6 is 34.4 Å². The Bertz CT molecular complexity index is 983. The minimum Gasteiger partial charge on any atom is -0.488 e. The summed E-state index contributed by atoms with van der Waals surface area (Å²) < 4.78 is 20.2.